The molecular weight excluding hydrogens is 622 g/mol. The van der Waals surface area contributed by atoms with Crippen LogP contribution < -0.4 is 9.62 Å². The molecule has 0 bridgehead atoms. The molecule has 4 rings (SSSR count). The van der Waals surface area contributed by atoms with E-state index in [4.69, 9.17) is 0 Å². The number of halogens is 1. The predicted molar refractivity (Wildman–Crippen MR) is 183 cm³/mol. The fourth-order valence-electron chi connectivity index (χ4n) is 4.92. The molecule has 0 saturated carbocycles. The number of carbonyl (C=O) groups is 2. The smallest absolute Gasteiger partial charge is 0.264 e. The molecule has 2 atom stereocenters. The van der Waals surface area contributed by atoms with Crippen molar-refractivity contribution >= 4 is 39.3 Å². The monoisotopic (exact) mass is 661 g/mol. The summed E-state index contributed by atoms with van der Waals surface area (Å²) in [6.07, 6.45) is 2.71. The SMILES string of the molecule is CCC(C)NC(=O)C(Cc1ccccc1)N(Cc1ccccc1F)C(=O)CN(c1ccc(C)cc1)S(=O)(=O)c1ccc(SC)cc1. The van der Waals surface area contributed by atoms with Gasteiger partial charge in [-0.1, -0.05) is 73.2 Å². The van der Waals surface area contributed by atoms with E-state index in [2.05, 4.69) is 5.32 Å². The Kier molecular flexibility index (Phi) is 12.0. The van der Waals surface area contributed by atoms with Crippen LogP contribution in [0.4, 0.5) is 10.1 Å². The molecule has 4 aromatic rings. The molecule has 1 N–H and O–H groups in total. The maximum atomic E-state index is 15.1. The molecule has 0 heterocycles. The highest BCUT2D eigenvalue weighted by molar-refractivity contribution is 7.98. The summed E-state index contributed by atoms with van der Waals surface area (Å²) >= 11 is 1.49. The Balaban J connectivity index is 1.81. The molecule has 0 spiro atoms. The van der Waals surface area contributed by atoms with Gasteiger partial charge in [-0.25, -0.2) is 12.8 Å². The van der Waals surface area contributed by atoms with Crippen LogP contribution in [0.2, 0.25) is 0 Å². The van der Waals surface area contributed by atoms with Gasteiger partial charge in [-0.2, -0.15) is 0 Å². The second-order valence-corrected chi connectivity index (χ2v) is 13.9. The number of amides is 2. The van der Waals surface area contributed by atoms with Crippen LogP contribution in [0.25, 0.3) is 0 Å². The minimum absolute atomic E-state index is 0.0229. The van der Waals surface area contributed by atoms with Crippen LogP contribution in [0.1, 0.15) is 37.0 Å². The Morgan fingerprint density at radius 3 is 2.13 bits per heavy atom. The van der Waals surface area contributed by atoms with E-state index < -0.39 is 40.2 Å². The zero-order chi connectivity index (χ0) is 33.3. The molecule has 4 aromatic carbocycles. The molecule has 46 heavy (non-hydrogen) atoms. The van der Waals surface area contributed by atoms with Gasteiger partial charge in [-0.05, 0) is 74.6 Å². The van der Waals surface area contributed by atoms with Crippen molar-refractivity contribution in [2.45, 2.75) is 62.0 Å². The maximum absolute atomic E-state index is 15.1. The van der Waals surface area contributed by atoms with Gasteiger partial charge in [0.05, 0.1) is 10.6 Å². The lowest BCUT2D eigenvalue weighted by Crippen LogP contribution is -2.54. The van der Waals surface area contributed by atoms with E-state index in [1.807, 2.05) is 57.4 Å². The highest BCUT2D eigenvalue weighted by Crippen LogP contribution is 2.27. The zero-order valence-corrected chi connectivity index (χ0v) is 28.2. The van der Waals surface area contributed by atoms with Gasteiger partial charge in [0.2, 0.25) is 11.8 Å². The topological polar surface area (TPSA) is 86.8 Å². The highest BCUT2D eigenvalue weighted by Gasteiger charge is 2.35. The van der Waals surface area contributed by atoms with Crippen LogP contribution >= 0.6 is 11.8 Å². The van der Waals surface area contributed by atoms with Gasteiger partial charge in [0, 0.05) is 29.5 Å². The number of nitrogens with zero attached hydrogens (tertiary/aromatic N) is 2. The van der Waals surface area contributed by atoms with E-state index >= 15 is 4.39 Å². The molecule has 0 aliphatic rings. The Morgan fingerprint density at radius 1 is 0.891 bits per heavy atom. The summed E-state index contributed by atoms with van der Waals surface area (Å²) in [5.41, 5.74) is 2.22. The minimum Gasteiger partial charge on any atom is -0.352 e. The van der Waals surface area contributed by atoms with E-state index in [1.54, 1.807) is 54.6 Å². The van der Waals surface area contributed by atoms with Gasteiger partial charge >= 0.3 is 0 Å². The lowest BCUT2D eigenvalue weighted by Gasteiger charge is -2.34. The summed E-state index contributed by atoms with van der Waals surface area (Å²) in [4.78, 5) is 30.6. The van der Waals surface area contributed by atoms with Crippen molar-refractivity contribution < 1.29 is 22.4 Å². The Labute approximate surface area is 275 Å². The highest BCUT2D eigenvalue weighted by atomic mass is 32.2. The normalized spacial score (nSPS) is 12.6. The van der Waals surface area contributed by atoms with Crippen LogP contribution in [-0.2, 0) is 32.6 Å². The molecule has 0 saturated heterocycles. The van der Waals surface area contributed by atoms with Crippen LogP contribution in [0.5, 0.6) is 0 Å². The summed E-state index contributed by atoms with van der Waals surface area (Å²) in [5, 5.41) is 2.98. The maximum Gasteiger partial charge on any atom is 0.264 e. The minimum atomic E-state index is -4.23. The lowest BCUT2D eigenvalue weighted by molar-refractivity contribution is -0.140. The van der Waals surface area contributed by atoms with Gasteiger partial charge in [-0.3, -0.25) is 13.9 Å². The predicted octanol–water partition coefficient (Wildman–Crippen LogP) is 6.61. The summed E-state index contributed by atoms with van der Waals surface area (Å²) < 4.78 is 44.5. The summed E-state index contributed by atoms with van der Waals surface area (Å²) in [6.45, 7) is 4.85. The average Bonchev–Trinajstić information content (AvgIpc) is 3.06. The summed E-state index contributed by atoms with van der Waals surface area (Å²) in [7, 11) is -4.23. The van der Waals surface area contributed by atoms with Gasteiger partial charge < -0.3 is 10.2 Å². The number of aryl methyl sites for hydroxylation is 1. The van der Waals surface area contributed by atoms with E-state index in [0.717, 1.165) is 20.3 Å². The fraction of sp³-hybridized carbons (Fsp3) is 0.278. The average molecular weight is 662 g/mol. The standard InChI is InChI=1S/C36H40FN3O4S2/c1-5-27(3)38-36(42)34(23-28-11-7-6-8-12-28)39(24-29-13-9-10-14-33(29)37)35(41)25-40(30-17-15-26(2)16-18-30)46(43,44)32-21-19-31(45-4)20-22-32/h6-22,27,34H,5,23-25H2,1-4H3,(H,38,42). The van der Waals surface area contributed by atoms with Gasteiger partial charge in [0.15, 0.2) is 0 Å². The lowest BCUT2D eigenvalue weighted by atomic mass is 10.0. The number of benzene rings is 4. The van der Waals surface area contributed by atoms with Crippen molar-refractivity contribution in [1.82, 2.24) is 10.2 Å². The molecule has 10 heteroatoms. The van der Waals surface area contributed by atoms with Crippen molar-refractivity contribution in [3.8, 4) is 0 Å². The van der Waals surface area contributed by atoms with E-state index in [9.17, 15) is 18.0 Å². The molecule has 0 radical (unpaired) electrons. The molecule has 0 aliphatic carbocycles. The molecule has 0 aliphatic heterocycles. The quantitative estimate of drug-likeness (QED) is 0.154. The molecule has 0 fully saturated rings. The van der Waals surface area contributed by atoms with Gasteiger partial charge in [0.25, 0.3) is 10.0 Å². The Bertz CT molecular complexity index is 1720. The third-order valence-electron chi connectivity index (χ3n) is 7.82. The van der Waals surface area contributed by atoms with E-state index in [-0.39, 0.29) is 29.5 Å². The number of rotatable bonds is 14. The van der Waals surface area contributed by atoms with Gasteiger partial charge in [-0.15, -0.1) is 11.8 Å². The van der Waals surface area contributed by atoms with Crippen LogP contribution in [-0.4, -0.2) is 50.0 Å². The third kappa shape index (κ3) is 8.76. The number of anilines is 1. The number of thioether (sulfide) groups is 1. The third-order valence-corrected chi connectivity index (χ3v) is 10.4. The van der Waals surface area contributed by atoms with Crippen LogP contribution in [0.15, 0.2) is 113 Å². The second-order valence-electron chi connectivity index (χ2n) is 11.2. The largest absolute Gasteiger partial charge is 0.352 e. The van der Waals surface area contributed by atoms with Crippen molar-refractivity contribution in [3.05, 3.63) is 126 Å². The van der Waals surface area contributed by atoms with Crippen molar-refractivity contribution in [3.63, 3.8) is 0 Å². The number of nitrogens with one attached hydrogen (secondary N) is 1. The van der Waals surface area contributed by atoms with Crippen LogP contribution in [0, 0.1) is 12.7 Å². The first-order valence-corrected chi connectivity index (χ1v) is 17.8. The van der Waals surface area contributed by atoms with E-state index in [0.29, 0.717) is 12.1 Å². The summed E-state index contributed by atoms with van der Waals surface area (Å²) in [6, 6.07) is 27.4. The Hall–Kier alpha value is -4.15. The molecule has 2 unspecified atom stereocenters. The van der Waals surface area contributed by atoms with E-state index in [1.165, 1.54) is 34.9 Å². The van der Waals surface area contributed by atoms with Crippen molar-refractivity contribution in [2.75, 3.05) is 17.1 Å². The van der Waals surface area contributed by atoms with Crippen molar-refractivity contribution in [1.29, 1.82) is 0 Å². The first kappa shape index (κ1) is 34.7. The molecule has 242 valence electrons. The first-order valence-electron chi connectivity index (χ1n) is 15.1. The molecule has 0 aromatic heterocycles. The van der Waals surface area contributed by atoms with Crippen molar-refractivity contribution in [2.24, 2.45) is 0 Å². The number of carbonyl (C=O) groups excluding carboxylic acids is 2. The Morgan fingerprint density at radius 2 is 1.52 bits per heavy atom. The number of hydrogen-bond acceptors (Lipinski definition) is 5. The number of hydrogen-bond donors (Lipinski definition) is 1. The van der Waals surface area contributed by atoms with Gasteiger partial charge in [0.1, 0.15) is 18.4 Å². The summed E-state index contributed by atoms with van der Waals surface area (Å²) in [5.74, 6) is -1.58. The molecule has 7 nitrogen and oxygen atoms in total. The molecule has 2 amide bonds. The zero-order valence-electron chi connectivity index (χ0n) is 26.5. The first-order chi connectivity index (χ1) is 22.0. The fourth-order valence-corrected chi connectivity index (χ4v) is 6.74. The molecular formula is C36H40FN3O4S2. The van der Waals surface area contributed by atoms with Crippen LogP contribution in [0.3, 0.4) is 0 Å². The number of sulfonamides is 1. The second kappa shape index (κ2) is 15.9.